The number of nitrogens with zero attached hydrogens (tertiary/aromatic N) is 1. The normalized spacial score (nSPS) is 14.6. The maximum atomic E-state index is 13.4. The number of ether oxygens (including phenoxy) is 1. The van der Waals surface area contributed by atoms with E-state index in [1.165, 1.54) is 12.1 Å². The van der Waals surface area contributed by atoms with Crippen LogP contribution < -0.4 is 10.2 Å². The number of hydrogen-bond donors (Lipinski definition) is 1. The molecule has 1 aliphatic heterocycles. The van der Waals surface area contributed by atoms with E-state index in [1.54, 1.807) is 6.07 Å². The van der Waals surface area contributed by atoms with E-state index in [9.17, 15) is 9.18 Å². The van der Waals surface area contributed by atoms with Crippen LogP contribution in [0.15, 0.2) is 46.9 Å². The molecule has 0 saturated carbocycles. The summed E-state index contributed by atoms with van der Waals surface area (Å²) < 4.78 is 19.3. The highest BCUT2D eigenvalue weighted by molar-refractivity contribution is 9.10. The van der Waals surface area contributed by atoms with Crippen LogP contribution in [0, 0.1) is 5.82 Å². The van der Waals surface area contributed by atoms with Gasteiger partial charge in [-0.05, 0) is 36.4 Å². The lowest BCUT2D eigenvalue weighted by atomic mass is 10.2. The van der Waals surface area contributed by atoms with Crippen molar-refractivity contribution in [3.63, 3.8) is 0 Å². The summed E-state index contributed by atoms with van der Waals surface area (Å²) in [6.07, 6.45) is 0. The highest BCUT2D eigenvalue weighted by atomic mass is 79.9. The fourth-order valence-electron chi connectivity index (χ4n) is 2.49. The van der Waals surface area contributed by atoms with E-state index < -0.39 is 5.82 Å². The van der Waals surface area contributed by atoms with Crippen LogP contribution in [0.25, 0.3) is 0 Å². The van der Waals surface area contributed by atoms with Gasteiger partial charge in [-0.1, -0.05) is 22.0 Å². The summed E-state index contributed by atoms with van der Waals surface area (Å²) in [7, 11) is 0. The molecule has 1 amide bonds. The topological polar surface area (TPSA) is 41.6 Å². The minimum Gasteiger partial charge on any atom is -0.378 e. The SMILES string of the molecule is O=C(Nc1cccc(N2CCOCC2)c1)c1cc(F)cc(Br)c1. The van der Waals surface area contributed by atoms with Crippen LogP contribution in [0.2, 0.25) is 0 Å². The van der Waals surface area contributed by atoms with Crippen molar-refractivity contribution in [3.05, 3.63) is 58.3 Å². The first-order chi connectivity index (χ1) is 11.1. The lowest BCUT2D eigenvalue weighted by Gasteiger charge is -2.29. The van der Waals surface area contributed by atoms with E-state index >= 15 is 0 Å². The molecule has 6 heteroatoms. The first-order valence-electron chi connectivity index (χ1n) is 7.32. The molecule has 3 rings (SSSR count). The highest BCUT2D eigenvalue weighted by Crippen LogP contribution is 2.22. The van der Waals surface area contributed by atoms with Gasteiger partial charge in [0, 0.05) is 34.5 Å². The zero-order chi connectivity index (χ0) is 16.2. The molecule has 0 spiro atoms. The maximum absolute atomic E-state index is 13.4. The van der Waals surface area contributed by atoms with E-state index in [0.717, 1.165) is 18.8 Å². The molecule has 2 aromatic carbocycles. The molecule has 2 aromatic rings. The van der Waals surface area contributed by atoms with E-state index in [-0.39, 0.29) is 11.5 Å². The Morgan fingerprint density at radius 1 is 1.17 bits per heavy atom. The molecular formula is C17H16BrFN2O2. The van der Waals surface area contributed by atoms with Crippen molar-refractivity contribution in [1.29, 1.82) is 0 Å². The molecule has 0 aromatic heterocycles. The maximum Gasteiger partial charge on any atom is 0.255 e. The van der Waals surface area contributed by atoms with Gasteiger partial charge in [0.2, 0.25) is 0 Å². The molecule has 4 nitrogen and oxygen atoms in total. The summed E-state index contributed by atoms with van der Waals surface area (Å²) in [6.45, 7) is 3.06. The molecule has 120 valence electrons. The van der Waals surface area contributed by atoms with Gasteiger partial charge >= 0.3 is 0 Å². The molecule has 1 heterocycles. The summed E-state index contributed by atoms with van der Waals surface area (Å²) in [5.74, 6) is -0.795. The molecule has 0 radical (unpaired) electrons. The number of halogens is 2. The third-order valence-electron chi connectivity index (χ3n) is 3.60. The second kappa shape index (κ2) is 7.10. The smallest absolute Gasteiger partial charge is 0.255 e. The lowest BCUT2D eigenvalue weighted by molar-refractivity contribution is 0.102. The predicted molar refractivity (Wildman–Crippen MR) is 91.5 cm³/mol. The second-order valence-electron chi connectivity index (χ2n) is 5.26. The van der Waals surface area contributed by atoms with Crippen molar-refractivity contribution in [2.75, 3.05) is 36.5 Å². The summed E-state index contributed by atoms with van der Waals surface area (Å²) >= 11 is 3.19. The molecule has 1 saturated heterocycles. The summed E-state index contributed by atoms with van der Waals surface area (Å²) in [5.41, 5.74) is 1.99. The van der Waals surface area contributed by atoms with Gasteiger partial charge < -0.3 is 15.0 Å². The van der Waals surface area contributed by atoms with Crippen LogP contribution in [0.4, 0.5) is 15.8 Å². The molecule has 0 aliphatic carbocycles. The van der Waals surface area contributed by atoms with Crippen molar-refractivity contribution in [3.8, 4) is 0 Å². The van der Waals surface area contributed by atoms with Crippen molar-refractivity contribution >= 4 is 33.2 Å². The molecular weight excluding hydrogens is 363 g/mol. The number of morpholine rings is 1. The molecule has 1 aliphatic rings. The third kappa shape index (κ3) is 4.09. The molecule has 23 heavy (non-hydrogen) atoms. The fourth-order valence-corrected chi connectivity index (χ4v) is 2.96. The predicted octanol–water partition coefficient (Wildman–Crippen LogP) is 3.68. The quantitative estimate of drug-likeness (QED) is 0.885. The van der Waals surface area contributed by atoms with Gasteiger partial charge in [-0.2, -0.15) is 0 Å². The Morgan fingerprint density at radius 2 is 1.96 bits per heavy atom. The van der Waals surface area contributed by atoms with E-state index in [4.69, 9.17) is 4.74 Å². The molecule has 0 bridgehead atoms. The van der Waals surface area contributed by atoms with Crippen molar-refractivity contribution in [2.24, 2.45) is 0 Å². The number of benzene rings is 2. The van der Waals surface area contributed by atoms with Crippen LogP contribution in [-0.2, 0) is 4.74 Å². The Morgan fingerprint density at radius 3 is 2.70 bits per heavy atom. The highest BCUT2D eigenvalue weighted by Gasteiger charge is 2.13. The van der Waals surface area contributed by atoms with Gasteiger partial charge in [0.05, 0.1) is 13.2 Å². The number of carbonyl (C=O) groups excluding carboxylic acids is 1. The standard InChI is InChI=1S/C17H16BrFN2O2/c18-13-8-12(9-14(19)10-13)17(22)20-15-2-1-3-16(11-15)21-4-6-23-7-5-21/h1-3,8-11H,4-7H2,(H,20,22). The number of hydrogen-bond acceptors (Lipinski definition) is 3. The van der Waals surface area contributed by atoms with Crippen molar-refractivity contribution < 1.29 is 13.9 Å². The Labute approximate surface area is 142 Å². The fraction of sp³-hybridized carbons (Fsp3) is 0.235. The summed E-state index contributed by atoms with van der Waals surface area (Å²) in [6, 6.07) is 11.7. The molecule has 1 fully saturated rings. The van der Waals surface area contributed by atoms with E-state index in [2.05, 4.69) is 26.1 Å². The Kier molecular flexibility index (Phi) is 4.93. The number of rotatable bonds is 3. The van der Waals surface area contributed by atoms with Crippen LogP contribution in [0.5, 0.6) is 0 Å². The molecule has 0 atom stereocenters. The van der Waals surface area contributed by atoms with Crippen molar-refractivity contribution in [1.82, 2.24) is 0 Å². The average Bonchev–Trinajstić information content (AvgIpc) is 2.55. The van der Waals surface area contributed by atoms with E-state index in [0.29, 0.717) is 23.4 Å². The average molecular weight is 379 g/mol. The number of amides is 1. The van der Waals surface area contributed by atoms with Crippen LogP contribution >= 0.6 is 15.9 Å². The number of nitrogens with one attached hydrogen (secondary N) is 1. The van der Waals surface area contributed by atoms with Gasteiger partial charge in [-0.3, -0.25) is 4.79 Å². The zero-order valence-electron chi connectivity index (χ0n) is 12.4. The van der Waals surface area contributed by atoms with Gasteiger partial charge in [0.15, 0.2) is 0 Å². The molecule has 0 unspecified atom stereocenters. The number of carbonyl (C=O) groups is 1. The van der Waals surface area contributed by atoms with Gasteiger partial charge in [-0.15, -0.1) is 0 Å². The minimum absolute atomic E-state index is 0.272. The monoisotopic (exact) mass is 378 g/mol. The summed E-state index contributed by atoms with van der Waals surface area (Å²) in [4.78, 5) is 14.5. The lowest BCUT2D eigenvalue weighted by Crippen LogP contribution is -2.36. The van der Waals surface area contributed by atoms with Crippen molar-refractivity contribution in [2.45, 2.75) is 0 Å². The summed E-state index contributed by atoms with van der Waals surface area (Å²) in [5, 5.41) is 2.81. The Hall–Kier alpha value is -1.92. The van der Waals surface area contributed by atoms with Crippen LogP contribution in [0.1, 0.15) is 10.4 Å². The largest absolute Gasteiger partial charge is 0.378 e. The second-order valence-corrected chi connectivity index (χ2v) is 6.18. The zero-order valence-corrected chi connectivity index (χ0v) is 14.0. The van der Waals surface area contributed by atoms with Gasteiger partial charge in [-0.25, -0.2) is 4.39 Å². The van der Waals surface area contributed by atoms with Crippen LogP contribution in [-0.4, -0.2) is 32.2 Å². The number of anilines is 2. The minimum atomic E-state index is -0.452. The third-order valence-corrected chi connectivity index (χ3v) is 4.06. The Bertz CT molecular complexity index is 697. The first kappa shape index (κ1) is 16.0. The van der Waals surface area contributed by atoms with Gasteiger partial charge in [0.25, 0.3) is 5.91 Å². The Balaban J connectivity index is 1.75. The van der Waals surface area contributed by atoms with E-state index in [1.807, 2.05) is 24.3 Å². The van der Waals surface area contributed by atoms with Crippen LogP contribution in [0.3, 0.4) is 0 Å². The molecule has 1 N–H and O–H groups in total. The van der Waals surface area contributed by atoms with Gasteiger partial charge in [0.1, 0.15) is 5.82 Å². The first-order valence-corrected chi connectivity index (χ1v) is 8.11.